The highest BCUT2D eigenvalue weighted by Gasteiger charge is 2.49. The van der Waals surface area contributed by atoms with Crippen LogP contribution in [-0.4, -0.2) is 24.0 Å². The number of carbonyl (C=O) groups excluding carboxylic acids is 1. The third kappa shape index (κ3) is 2.51. The molecule has 0 radical (unpaired) electrons. The lowest BCUT2D eigenvalue weighted by molar-refractivity contribution is -0.128. The largest absolute Gasteiger partial charge is 0.325 e. The summed E-state index contributed by atoms with van der Waals surface area (Å²) in [5, 5.41) is 6.57. The van der Waals surface area contributed by atoms with Gasteiger partial charge in [-0.25, -0.2) is 4.98 Å². The van der Waals surface area contributed by atoms with E-state index in [1.54, 1.807) is 11.3 Å². The van der Waals surface area contributed by atoms with E-state index in [2.05, 4.69) is 15.6 Å². The van der Waals surface area contributed by atoms with Gasteiger partial charge in [0.15, 0.2) is 0 Å². The minimum absolute atomic E-state index is 0. The number of aromatic nitrogens is 1. The van der Waals surface area contributed by atoms with Crippen molar-refractivity contribution in [2.24, 2.45) is 11.3 Å². The zero-order valence-corrected chi connectivity index (χ0v) is 13.9. The molecule has 1 aliphatic heterocycles. The van der Waals surface area contributed by atoms with Crippen molar-refractivity contribution < 1.29 is 4.79 Å². The molecule has 0 unspecified atom stereocenters. The summed E-state index contributed by atoms with van der Waals surface area (Å²) in [6.07, 6.45) is 4.60. The molecule has 1 aromatic heterocycles. The molecule has 1 aliphatic carbocycles. The Morgan fingerprint density at radius 1 is 1.41 bits per heavy atom. The fourth-order valence-electron chi connectivity index (χ4n) is 3.88. The van der Waals surface area contributed by atoms with Crippen LogP contribution in [-0.2, 0) is 4.79 Å². The molecule has 2 N–H and O–H groups in total. The van der Waals surface area contributed by atoms with Gasteiger partial charge in [0.25, 0.3) is 0 Å². The lowest BCUT2D eigenvalue weighted by atomic mass is 9.67. The molecule has 22 heavy (non-hydrogen) atoms. The normalized spacial score (nSPS) is 27.2. The van der Waals surface area contributed by atoms with E-state index in [0.717, 1.165) is 41.8 Å². The van der Waals surface area contributed by atoms with Crippen LogP contribution in [0.4, 0.5) is 5.69 Å². The zero-order valence-electron chi connectivity index (χ0n) is 12.3. The molecule has 118 valence electrons. The van der Waals surface area contributed by atoms with Gasteiger partial charge in [-0.15, -0.1) is 23.7 Å². The van der Waals surface area contributed by atoms with E-state index >= 15 is 0 Å². The van der Waals surface area contributed by atoms with E-state index in [1.165, 1.54) is 12.8 Å². The van der Waals surface area contributed by atoms with Crippen molar-refractivity contribution >= 4 is 45.6 Å². The van der Waals surface area contributed by atoms with Crippen LogP contribution in [0.15, 0.2) is 23.7 Å². The smallest absolute Gasteiger partial charge is 0.232 e. The van der Waals surface area contributed by atoms with Crippen molar-refractivity contribution in [3.8, 4) is 0 Å². The number of nitrogens with one attached hydrogen (secondary N) is 2. The number of amides is 1. The van der Waals surface area contributed by atoms with Gasteiger partial charge in [-0.05, 0) is 43.5 Å². The fraction of sp³-hybridized carbons (Fsp3) is 0.500. The lowest BCUT2D eigenvalue weighted by Crippen LogP contribution is -2.44. The molecular weight excluding hydrogens is 318 g/mol. The van der Waals surface area contributed by atoms with E-state index < -0.39 is 0 Å². The highest BCUT2D eigenvalue weighted by Crippen LogP contribution is 2.44. The first-order valence-corrected chi connectivity index (χ1v) is 8.51. The van der Waals surface area contributed by atoms with Crippen molar-refractivity contribution in [2.45, 2.75) is 25.7 Å². The molecule has 2 fully saturated rings. The number of hydrogen-bond acceptors (Lipinski definition) is 4. The number of carbonyl (C=O) groups is 1. The number of hydrogen-bond donors (Lipinski definition) is 2. The van der Waals surface area contributed by atoms with Gasteiger partial charge >= 0.3 is 0 Å². The Labute approximate surface area is 140 Å². The number of benzene rings is 1. The second-order valence-electron chi connectivity index (χ2n) is 6.22. The first kappa shape index (κ1) is 15.7. The number of anilines is 1. The number of rotatable bonds is 2. The van der Waals surface area contributed by atoms with E-state index in [4.69, 9.17) is 0 Å². The summed E-state index contributed by atoms with van der Waals surface area (Å²) in [4.78, 5) is 17.2. The molecule has 6 heteroatoms. The fourth-order valence-corrected chi connectivity index (χ4v) is 4.54. The van der Waals surface area contributed by atoms with Gasteiger partial charge < -0.3 is 10.6 Å². The van der Waals surface area contributed by atoms with Gasteiger partial charge in [0.05, 0.1) is 21.1 Å². The summed E-state index contributed by atoms with van der Waals surface area (Å²) < 4.78 is 1.16. The monoisotopic (exact) mass is 337 g/mol. The van der Waals surface area contributed by atoms with E-state index in [0.29, 0.717) is 5.92 Å². The van der Waals surface area contributed by atoms with Crippen molar-refractivity contribution in [1.82, 2.24) is 10.3 Å². The number of thiazole rings is 1. The Morgan fingerprint density at radius 3 is 3.23 bits per heavy atom. The Balaban J connectivity index is 0.00000144. The van der Waals surface area contributed by atoms with Crippen molar-refractivity contribution in [1.29, 1.82) is 0 Å². The molecule has 2 atom stereocenters. The maximum absolute atomic E-state index is 12.9. The molecule has 1 amide bonds. The number of nitrogens with zero attached hydrogens (tertiary/aromatic N) is 1. The molecule has 2 heterocycles. The van der Waals surface area contributed by atoms with Crippen molar-refractivity contribution in [3.05, 3.63) is 23.7 Å². The Kier molecular flexibility index (Phi) is 4.39. The SMILES string of the molecule is Cl.O=C(Nc1ccc2scnc2c1)[C@@]12CCCC[C@H]1CNC2. The Hall–Kier alpha value is -1.17. The molecule has 1 saturated carbocycles. The van der Waals surface area contributed by atoms with Gasteiger partial charge in [-0.3, -0.25) is 4.79 Å². The summed E-state index contributed by atoms with van der Waals surface area (Å²) in [5.41, 5.74) is 3.46. The average Bonchev–Trinajstić information content (AvgIpc) is 3.13. The summed E-state index contributed by atoms with van der Waals surface area (Å²) in [6.45, 7) is 1.81. The van der Waals surface area contributed by atoms with Crippen LogP contribution in [0.25, 0.3) is 10.2 Å². The van der Waals surface area contributed by atoms with Crippen molar-refractivity contribution in [3.63, 3.8) is 0 Å². The lowest BCUT2D eigenvalue weighted by Gasteiger charge is -2.37. The summed E-state index contributed by atoms with van der Waals surface area (Å²) >= 11 is 1.62. The molecule has 2 aliphatic rings. The zero-order chi connectivity index (χ0) is 14.3. The summed E-state index contributed by atoms with van der Waals surface area (Å²) in [5.74, 6) is 0.682. The second kappa shape index (κ2) is 6.14. The van der Waals surface area contributed by atoms with Crippen molar-refractivity contribution in [2.75, 3.05) is 18.4 Å². The molecule has 1 aromatic carbocycles. The van der Waals surface area contributed by atoms with E-state index in [9.17, 15) is 4.79 Å². The first-order valence-electron chi connectivity index (χ1n) is 7.63. The summed E-state index contributed by atoms with van der Waals surface area (Å²) in [6, 6.07) is 5.99. The highest BCUT2D eigenvalue weighted by atomic mass is 35.5. The van der Waals surface area contributed by atoms with E-state index in [-0.39, 0.29) is 23.7 Å². The second-order valence-corrected chi connectivity index (χ2v) is 7.11. The maximum atomic E-state index is 12.9. The minimum Gasteiger partial charge on any atom is -0.325 e. The molecule has 4 nitrogen and oxygen atoms in total. The van der Waals surface area contributed by atoms with Crippen LogP contribution in [0.1, 0.15) is 25.7 Å². The van der Waals surface area contributed by atoms with Gasteiger partial charge in [0.2, 0.25) is 5.91 Å². The molecular formula is C16H20ClN3OS. The standard InChI is InChI=1S/C16H19N3OS.ClH/c20-15(16-6-2-1-3-11(16)8-17-9-16)19-12-4-5-14-13(7-12)18-10-21-14;/h4-5,7,10-11,17H,1-3,6,8-9H2,(H,19,20);1H/t11-,16+;/m0./s1. The summed E-state index contributed by atoms with van der Waals surface area (Å²) in [7, 11) is 0. The molecule has 2 aromatic rings. The van der Waals surface area contributed by atoms with Crippen LogP contribution in [0, 0.1) is 11.3 Å². The Morgan fingerprint density at radius 2 is 2.32 bits per heavy atom. The average molecular weight is 338 g/mol. The third-order valence-electron chi connectivity index (χ3n) is 5.08. The van der Waals surface area contributed by atoms with Gasteiger partial charge in [-0.1, -0.05) is 12.8 Å². The molecule has 0 bridgehead atoms. The van der Waals surface area contributed by atoms with Crippen LogP contribution < -0.4 is 10.6 Å². The van der Waals surface area contributed by atoms with E-state index in [1.807, 2.05) is 23.7 Å². The number of fused-ring (bicyclic) bond motifs is 2. The van der Waals surface area contributed by atoms with Crippen LogP contribution in [0.2, 0.25) is 0 Å². The van der Waals surface area contributed by atoms with Gasteiger partial charge in [0.1, 0.15) is 0 Å². The quantitative estimate of drug-likeness (QED) is 0.882. The molecule has 0 spiro atoms. The minimum atomic E-state index is -0.199. The predicted octanol–water partition coefficient (Wildman–Crippen LogP) is 3.44. The maximum Gasteiger partial charge on any atom is 0.232 e. The van der Waals surface area contributed by atoms with Crippen LogP contribution in [0.3, 0.4) is 0 Å². The third-order valence-corrected chi connectivity index (χ3v) is 5.89. The highest BCUT2D eigenvalue weighted by molar-refractivity contribution is 7.16. The van der Waals surface area contributed by atoms with Gasteiger partial charge in [-0.2, -0.15) is 0 Å². The topological polar surface area (TPSA) is 54.0 Å². The van der Waals surface area contributed by atoms with Gasteiger partial charge in [0, 0.05) is 12.2 Å². The number of halogens is 1. The molecule has 1 saturated heterocycles. The van der Waals surface area contributed by atoms with Crippen LogP contribution in [0.5, 0.6) is 0 Å². The predicted molar refractivity (Wildman–Crippen MR) is 92.8 cm³/mol. The van der Waals surface area contributed by atoms with Crippen LogP contribution >= 0.6 is 23.7 Å². The first-order chi connectivity index (χ1) is 10.3. The Bertz CT molecular complexity index is 689. The molecule has 4 rings (SSSR count).